The molecule has 2 aromatic carbocycles. The summed E-state index contributed by atoms with van der Waals surface area (Å²) in [4.78, 5) is 28.8. The molecule has 2 aromatic heterocycles. The Balaban J connectivity index is 1.59. The Bertz CT molecular complexity index is 1350. The van der Waals surface area contributed by atoms with Gasteiger partial charge in [-0.15, -0.1) is 11.3 Å². The first-order valence-corrected chi connectivity index (χ1v) is 10.4. The average molecular weight is 453 g/mol. The molecular formula is C23H17ClN2O4S. The van der Waals surface area contributed by atoms with Crippen LogP contribution in [0.15, 0.2) is 71.7 Å². The number of rotatable bonds is 6. The molecule has 31 heavy (non-hydrogen) atoms. The lowest BCUT2D eigenvalue weighted by Crippen LogP contribution is -2.14. The standard InChI is InChI=1S/C23H17ClN2O4S/c1-30-20-11-14(6-8-19(20)28)5-7-18(27)15-3-2-4-16(12-15)26-13-17(25-23(26)29)21-9-10-22(24)31-21/h2-13,28H,1H3,(H,25,29). The third-order valence-corrected chi connectivity index (χ3v) is 5.86. The summed E-state index contributed by atoms with van der Waals surface area (Å²) >= 11 is 7.35. The number of halogens is 1. The molecule has 6 nitrogen and oxygen atoms in total. The van der Waals surface area contributed by atoms with Crippen molar-refractivity contribution in [2.75, 3.05) is 7.11 Å². The minimum atomic E-state index is -0.309. The van der Waals surface area contributed by atoms with E-state index < -0.39 is 0 Å². The van der Waals surface area contributed by atoms with Gasteiger partial charge in [0.05, 0.1) is 27.7 Å². The van der Waals surface area contributed by atoms with Gasteiger partial charge in [0.15, 0.2) is 17.3 Å². The van der Waals surface area contributed by atoms with Crippen LogP contribution in [0.25, 0.3) is 22.3 Å². The van der Waals surface area contributed by atoms with E-state index in [0.29, 0.717) is 32.6 Å². The highest BCUT2D eigenvalue weighted by atomic mass is 35.5. The first kappa shape index (κ1) is 20.7. The summed E-state index contributed by atoms with van der Waals surface area (Å²) in [7, 11) is 1.46. The zero-order valence-electron chi connectivity index (χ0n) is 16.3. The zero-order chi connectivity index (χ0) is 22.0. The molecule has 2 heterocycles. The number of methoxy groups -OCH3 is 1. The number of phenols is 1. The maximum atomic E-state index is 12.7. The minimum Gasteiger partial charge on any atom is -0.504 e. The van der Waals surface area contributed by atoms with Gasteiger partial charge in [0.2, 0.25) is 0 Å². The van der Waals surface area contributed by atoms with Crippen LogP contribution in [0.5, 0.6) is 11.5 Å². The van der Waals surface area contributed by atoms with E-state index in [0.717, 1.165) is 4.88 Å². The highest BCUT2D eigenvalue weighted by molar-refractivity contribution is 7.19. The van der Waals surface area contributed by atoms with Crippen LogP contribution in [0.4, 0.5) is 0 Å². The third-order valence-electron chi connectivity index (χ3n) is 4.60. The number of allylic oxidation sites excluding steroid dienone is 1. The minimum absolute atomic E-state index is 0.0276. The van der Waals surface area contributed by atoms with Gasteiger partial charge in [-0.1, -0.05) is 35.9 Å². The number of aromatic amines is 1. The number of carbonyl (C=O) groups is 1. The van der Waals surface area contributed by atoms with E-state index in [1.54, 1.807) is 54.7 Å². The Kier molecular flexibility index (Phi) is 5.79. The summed E-state index contributed by atoms with van der Waals surface area (Å²) < 4.78 is 7.16. The monoisotopic (exact) mass is 452 g/mol. The fourth-order valence-corrected chi connectivity index (χ4v) is 4.05. The van der Waals surface area contributed by atoms with Gasteiger partial charge in [-0.25, -0.2) is 4.79 Å². The van der Waals surface area contributed by atoms with Crippen LogP contribution in [0.3, 0.4) is 0 Å². The maximum Gasteiger partial charge on any atom is 0.330 e. The number of phenolic OH excluding ortho intramolecular Hbond substituents is 1. The first-order valence-electron chi connectivity index (χ1n) is 9.22. The van der Waals surface area contributed by atoms with Crippen LogP contribution >= 0.6 is 22.9 Å². The van der Waals surface area contributed by atoms with Crippen LogP contribution in [0.1, 0.15) is 15.9 Å². The van der Waals surface area contributed by atoms with Crippen molar-refractivity contribution < 1.29 is 14.6 Å². The number of hydrogen-bond acceptors (Lipinski definition) is 5. The van der Waals surface area contributed by atoms with E-state index in [4.69, 9.17) is 16.3 Å². The Hall–Kier alpha value is -3.55. The number of nitrogens with zero attached hydrogens (tertiary/aromatic N) is 1. The maximum absolute atomic E-state index is 12.7. The fraction of sp³-hybridized carbons (Fsp3) is 0.0435. The molecule has 2 N–H and O–H groups in total. The lowest BCUT2D eigenvalue weighted by molar-refractivity contribution is 0.104. The molecule has 0 radical (unpaired) electrons. The van der Waals surface area contributed by atoms with E-state index in [1.807, 2.05) is 6.07 Å². The number of ketones is 1. The van der Waals surface area contributed by atoms with Crippen molar-refractivity contribution in [2.45, 2.75) is 0 Å². The van der Waals surface area contributed by atoms with E-state index >= 15 is 0 Å². The van der Waals surface area contributed by atoms with Crippen molar-refractivity contribution in [2.24, 2.45) is 0 Å². The second-order valence-corrected chi connectivity index (χ2v) is 8.34. The van der Waals surface area contributed by atoms with Crippen molar-refractivity contribution in [3.63, 3.8) is 0 Å². The van der Waals surface area contributed by atoms with Gasteiger partial charge in [-0.2, -0.15) is 0 Å². The molecule has 4 rings (SSSR count). The van der Waals surface area contributed by atoms with Gasteiger partial charge in [0, 0.05) is 11.8 Å². The van der Waals surface area contributed by atoms with Crippen molar-refractivity contribution in [3.8, 4) is 27.8 Å². The Morgan fingerprint density at radius 2 is 2.03 bits per heavy atom. The van der Waals surface area contributed by atoms with Gasteiger partial charge in [0.1, 0.15) is 0 Å². The van der Waals surface area contributed by atoms with E-state index in [9.17, 15) is 14.7 Å². The molecule has 0 fully saturated rings. The molecule has 0 saturated carbocycles. The molecule has 0 atom stereocenters. The topological polar surface area (TPSA) is 84.3 Å². The molecule has 0 saturated heterocycles. The molecule has 156 valence electrons. The second-order valence-electron chi connectivity index (χ2n) is 6.63. The summed E-state index contributed by atoms with van der Waals surface area (Å²) in [6.45, 7) is 0. The molecule has 0 aliphatic carbocycles. The highest BCUT2D eigenvalue weighted by Crippen LogP contribution is 2.30. The lowest BCUT2D eigenvalue weighted by atomic mass is 10.1. The zero-order valence-corrected chi connectivity index (χ0v) is 17.9. The van der Waals surface area contributed by atoms with Crippen LogP contribution in [0, 0.1) is 0 Å². The molecular weight excluding hydrogens is 436 g/mol. The second kappa shape index (κ2) is 8.67. The predicted molar refractivity (Wildman–Crippen MR) is 123 cm³/mol. The van der Waals surface area contributed by atoms with Crippen molar-refractivity contribution in [1.29, 1.82) is 0 Å². The number of nitrogens with one attached hydrogen (secondary N) is 1. The van der Waals surface area contributed by atoms with E-state index in [-0.39, 0.29) is 17.2 Å². The van der Waals surface area contributed by atoms with Crippen LogP contribution in [-0.2, 0) is 0 Å². The Labute approximate surface area is 186 Å². The Morgan fingerprint density at radius 1 is 1.19 bits per heavy atom. The summed E-state index contributed by atoms with van der Waals surface area (Å²) in [6, 6.07) is 15.2. The smallest absolute Gasteiger partial charge is 0.330 e. The summed E-state index contributed by atoms with van der Waals surface area (Å²) in [5, 5.41) is 9.67. The quantitative estimate of drug-likeness (QED) is 0.312. The number of benzene rings is 2. The fourth-order valence-electron chi connectivity index (χ4n) is 3.05. The van der Waals surface area contributed by atoms with Crippen LogP contribution in [-0.4, -0.2) is 27.6 Å². The molecule has 0 spiro atoms. The normalized spacial score (nSPS) is 11.2. The molecule has 0 bridgehead atoms. The summed E-state index contributed by atoms with van der Waals surface area (Å²) in [5.74, 6) is 0.133. The molecule has 0 unspecified atom stereocenters. The molecule has 8 heteroatoms. The number of imidazole rings is 1. The number of aromatic hydroxyl groups is 1. The number of ether oxygens (including phenoxy) is 1. The molecule has 0 amide bonds. The number of thiophene rings is 1. The average Bonchev–Trinajstić information content (AvgIpc) is 3.38. The van der Waals surface area contributed by atoms with Crippen LogP contribution < -0.4 is 10.4 Å². The number of carbonyl (C=O) groups excluding carboxylic acids is 1. The number of H-pyrrole nitrogens is 1. The van der Waals surface area contributed by atoms with Crippen molar-refractivity contribution >= 4 is 34.8 Å². The van der Waals surface area contributed by atoms with Crippen LogP contribution in [0.2, 0.25) is 4.34 Å². The predicted octanol–water partition coefficient (Wildman–Crippen LogP) is 5.16. The molecule has 0 aliphatic rings. The Morgan fingerprint density at radius 3 is 2.77 bits per heavy atom. The first-order chi connectivity index (χ1) is 14.9. The van der Waals surface area contributed by atoms with Gasteiger partial charge in [-0.05, 0) is 48.0 Å². The summed E-state index contributed by atoms with van der Waals surface area (Å²) in [5.41, 5.74) is 2.06. The van der Waals surface area contributed by atoms with Gasteiger partial charge in [0.25, 0.3) is 0 Å². The van der Waals surface area contributed by atoms with E-state index in [2.05, 4.69) is 4.98 Å². The van der Waals surface area contributed by atoms with Gasteiger partial charge in [-0.3, -0.25) is 9.36 Å². The summed E-state index contributed by atoms with van der Waals surface area (Å²) in [6.07, 6.45) is 4.76. The van der Waals surface area contributed by atoms with Crippen molar-refractivity contribution in [3.05, 3.63) is 92.8 Å². The third kappa shape index (κ3) is 4.47. The van der Waals surface area contributed by atoms with Gasteiger partial charge < -0.3 is 14.8 Å². The number of aromatic nitrogens is 2. The van der Waals surface area contributed by atoms with Gasteiger partial charge >= 0.3 is 5.69 Å². The largest absolute Gasteiger partial charge is 0.504 e. The van der Waals surface area contributed by atoms with Crippen molar-refractivity contribution in [1.82, 2.24) is 9.55 Å². The van der Waals surface area contributed by atoms with E-state index in [1.165, 1.54) is 35.2 Å². The molecule has 0 aliphatic heterocycles. The molecule has 4 aromatic rings. The lowest BCUT2D eigenvalue weighted by Gasteiger charge is -2.04. The number of hydrogen-bond donors (Lipinski definition) is 2. The highest BCUT2D eigenvalue weighted by Gasteiger charge is 2.11. The SMILES string of the molecule is COc1cc(C=CC(=O)c2cccc(-n3cc(-c4ccc(Cl)s4)[nH]c3=O)c2)ccc1O.